The van der Waals surface area contributed by atoms with E-state index in [0.29, 0.717) is 12.0 Å². The van der Waals surface area contributed by atoms with Gasteiger partial charge in [-0.25, -0.2) is 0 Å². The van der Waals surface area contributed by atoms with Crippen LogP contribution in [0.5, 0.6) is 5.75 Å². The Morgan fingerprint density at radius 2 is 2.15 bits per heavy atom. The monoisotopic (exact) mass is 278 g/mol. The molecule has 20 heavy (non-hydrogen) atoms. The van der Waals surface area contributed by atoms with Gasteiger partial charge >= 0.3 is 0 Å². The Bertz CT molecular complexity index is 411. The molecule has 1 aromatic rings. The third-order valence-electron chi connectivity index (χ3n) is 4.08. The number of nitrogens with zero attached hydrogens (tertiary/aromatic N) is 1. The molecular weight excluding hydrogens is 252 g/mol. The summed E-state index contributed by atoms with van der Waals surface area (Å²) in [6, 6.07) is 8.55. The molecule has 2 unspecified atom stereocenters. The molecule has 1 aliphatic heterocycles. The Balaban J connectivity index is 1.99. The van der Waals surface area contributed by atoms with Crippen LogP contribution in [0.25, 0.3) is 0 Å². The molecular formula is C16H26N2O2. The van der Waals surface area contributed by atoms with Crippen LogP contribution in [0, 0.1) is 5.92 Å². The van der Waals surface area contributed by atoms with Crippen molar-refractivity contribution in [2.75, 3.05) is 47.5 Å². The highest BCUT2D eigenvalue weighted by Crippen LogP contribution is 2.27. The van der Waals surface area contributed by atoms with Crippen molar-refractivity contribution < 1.29 is 9.47 Å². The first-order valence-electron chi connectivity index (χ1n) is 7.30. The number of ether oxygens (including phenoxy) is 2. The Labute approximate surface area is 122 Å². The molecule has 1 heterocycles. The van der Waals surface area contributed by atoms with Gasteiger partial charge in [-0.15, -0.1) is 0 Å². The smallest absolute Gasteiger partial charge is 0.123 e. The largest absolute Gasteiger partial charge is 0.496 e. The Kier molecular flexibility index (Phi) is 5.83. The summed E-state index contributed by atoms with van der Waals surface area (Å²) in [6.45, 7) is 4.16. The van der Waals surface area contributed by atoms with Gasteiger partial charge in [-0.05, 0) is 32.0 Å². The SMILES string of the molecule is CNC(CN1CCC(COC)C1)c1ccccc1OC. The number of hydrogen-bond acceptors (Lipinski definition) is 4. The number of benzene rings is 1. The summed E-state index contributed by atoms with van der Waals surface area (Å²) < 4.78 is 10.7. The lowest BCUT2D eigenvalue weighted by atomic mass is 10.1. The van der Waals surface area contributed by atoms with Crippen molar-refractivity contribution in [3.63, 3.8) is 0 Å². The van der Waals surface area contributed by atoms with Crippen LogP contribution in [-0.4, -0.2) is 52.4 Å². The van der Waals surface area contributed by atoms with Crippen LogP contribution in [0.4, 0.5) is 0 Å². The van der Waals surface area contributed by atoms with Crippen molar-refractivity contribution in [2.24, 2.45) is 5.92 Å². The fourth-order valence-corrected chi connectivity index (χ4v) is 3.01. The maximum Gasteiger partial charge on any atom is 0.123 e. The highest BCUT2D eigenvalue weighted by Gasteiger charge is 2.25. The van der Waals surface area contributed by atoms with Crippen molar-refractivity contribution in [3.05, 3.63) is 29.8 Å². The van der Waals surface area contributed by atoms with Crippen molar-refractivity contribution >= 4 is 0 Å². The summed E-state index contributed by atoms with van der Waals surface area (Å²) in [7, 11) is 5.53. The number of nitrogens with one attached hydrogen (secondary N) is 1. The third kappa shape index (κ3) is 3.72. The van der Waals surface area contributed by atoms with Gasteiger partial charge in [0.05, 0.1) is 13.7 Å². The fourth-order valence-electron chi connectivity index (χ4n) is 3.01. The predicted octanol–water partition coefficient (Wildman–Crippen LogP) is 1.92. The zero-order valence-electron chi connectivity index (χ0n) is 12.8. The van der Waals surface area contributed by atoms with Crippen molar-refractivity contribution in [3.8, 4) is 5.75 Å². The standard InChI is InChI=1S/C16H26N2O2/c1-17-15(14-6-4-5-7-16(14)20-3)11-18-9-8-13(10-18)12-19-2/h4-7,13,15,17H,8-12H2,1-3H3. The molecule has 0 aromatic heterocycles. The highest BCUT2D eigenvalue weighted by molar-refractivity contribution is 5.36. The molecule has 1 aliphatic rings. The summed E-state index contributed by atoms with van der Waals surface area (Å²) >= 11 is 0. The van der Waals surface area contributed by atoms with E-state index in [1.165, 1.54) is 12.0 Å². The molecule has 1 fully saturated rings. The number of likely N-dealkylation sites (tertiary alicyclic amines) is 1. The maximum absolute atomic E-state index is 5.47. The second-order valence-corrected chi connectivity index (χ2v) is 5.45. The highest BCUT2D eigenvalue weighted by atomic mass is 16.5. The summed E-state index contributed by atoms with van der Waals surface area (Å²) in [5, 5.41) is 3.41. The van der Waals surface area contributed by atoms with E-state index >= 15 is 0 Å². The molecule has 1 saturated heterocycles. The topological polar surface area (TPSA) is 33.7 Å². The number of hydrogen-bond donors (Lipinski definition) is 1. The number of likely N-dealkylation sites (N-methyl/N-ethyl adjacent to an activating group) is 1. The first-order chi connectivity index (χ1) is 9.78. The van der Waals surface area contributed by atoms with Crippen LogP contribution < -0.4 is 10.1 Å². The van der Waals surface area contributed by atoms with Gasteiger partial charge < -0.3 is 19.7 Å². The van der Waals surface area contributed by atoms with Crippen molar-refractivity contribution in [2.45, 2.75) is 12.5 Å². The lowest BCUT2D eigenvalue weighted by Crippen LogP contribution is -2.33. The summed E-state index contributed by atoms with van der Waals surface area (Å²) in [6.07, 6.45) is 1.23. The Morgan fingerprint density at radius 1 is 1.35 bits per heavy atom. The quantitative estimate of drug-likeness (QED) is 0.826. The first-order valence-corrected chi connectivity index (χ1v) is 7.30. The van der Waals surface area contributed by atoms with Crippen LogP contribution in [0.3, 0.4) is 0 Å². The van der Waals surface area contributed by atoms with Gasteiger partial charge in [0, 0.05) is 31.8 Å². The van der Waals surface area contributed by atoms with Crippen LogP contribution in [0.1, 0.15) is 18.0 Å². The molecule has 2 rings (SSSR count). The minimum Gasteiger partial charge on any atom is -0.496 e. The average molecular weight is 278 g/mol. The van der Waals surface area contributed by atoms with E-state index in [1.54, 1.807) is 14.2 Å². The number of rotatable bonds is 7. The van der Waals surface area contributed by atoms with E-state index in [9.17, 15) is 0 Å². The Hall–Kier alpha value is -1.10. The average Bonchev–Trinajstić information content (AvgIpc) is 2.92. The van der Waals surface area contributed by atoms with Gasteiger partial charge in [-0.2, -0.15) is 0 Å². The molecule has 112 valence electrons. The lowest BCUT2D eigenvalue weighted by molar-refractivity contribution is 0.152. The van der Waals surface area contributed by atoms with E-state index in [1.807, 2.05) is 19.2 Å². The van der Waals surface area contributed by atoms with Crippen molar-refractivity contribution in [1.29, 1.82) is 0 Å². The molecule has 4 heteroatoms. The molecule has 4 nitrogen and oxygen atoms in total. The van der Waals surface area contributed by atoms with Gasteiger partial charge in [0.2, 0.25) is 0 Å². The summed E-state index contributed by atoms with van der Waals surface area (Å²) in [5.41, 5.74) is 1.23. The maximum atomic E-state index is 5.47. The fraction of sp³-hybridized carbons (Fsp3) is 0.625. The van der Waals surface area contributed by atoms with Crippen molar-refractivity contribution in [1.82, 2.24) is 10.2 Å². The van der Waals surface area contributed by atoms with E-state index in [-0.39, 0.29) is 0 Å². The molecule has 0 amide bonds. The predicted molar refractivity (Wildman–Crippen MR) is 81.2 cm³/mol. The molecule has 1 N–H and O–H groups in total. The summed E-state index contributed by atoms with van der Waals surface area (Å²) in [4.78, 5) is 2.51. The van der Waals surface area contributed by atoms with Gasteiger partial charge in [0.1, 0.15) is 5.75 Å². The Morgan fingerprint density at radius 3 is 2.85 bits per heavy atom. The van der Waals surface area contributed by atoms with Crippen LogP contribution >= 0.6 is 0 Å². The van der Waals surface area contributed by atoms with Crippen LogP contribution in [0.15, 0.2) is 24.3 Å². The lowest BCUT2D eigenvalue weighted by Gasteiger charge is -2.25. The second-order valence-electron chi connectivity index (χ2n) is 5.45. The second kappa shape index (κ2) is 7.62. The van der Waals surface area contributed by atoms with E-state index in [2.05, 4.69) is 22.3 Å². The minimum atomic E-state index is 0.299. The summed E-state index contributed by atoms with van der Waals surface area (Å²) in [5.74, 6) is 1.63. The van der Waals surface area contributed by atoms with Gasteiger partial charge in [0.25, 0.3) is 0 Å². The first kappa shape index (κ1) is 15.3. The van der Waals surface area contributed by atoms with E-state index in [0.717, 1.165) is 32.0 Å². The molecule has 1 aromatic carbocycles. The minimum absolute atomic E-state index is 0.299. The van der Waals surface area contributed by atoms with Crippen LogP contribution in [-0.2, 0) is 4.74 Å². The van der Waals surface area contributed by atoms with Gasteiger partial charge in [-0.1, -0.05) is 18.2 Å². The molecule has 0 spiro atoms. The van der Waals surface area contributed by atoms with Crippen LogP contribution in [0.2, 0.25) is 0 Å². The number of methoxy groups -OCH3 is 2. The molecule has 0 aliphatic carbocycles. The molecule has 0 bridgehead atoms. The van der Waals surface area contributed by atoms with E-state index < -0.39 is 0 Å². The number of para-hydroxylation sites is 1. The van der Waals surface area contributed by atoms with Gasteiger partial charge in [0.15, 0.2) is 0 Å². The zero-order chi connectivity index (χ0) is 14.4. The van der Waals surface area contributed by atoms with Gasteiger partial charge in [-0.3, -0.25) is 0 Å². The third-order valence-corrected chi connectivity index (χ3v) is 4.08. The normalized spacial score (nSPS) is 21.1. The molecule has 0 radical (unpaired) electrons. The molecule has 0 saturated carbocycles. The molecule has 2 atom stereocenters. The zero-order valence-corrected chi connectivity index (χ0v) is 12.8. The van der Waals surface area contributed by atoms with E-state index in [4.69, 9.17) is 9.47 Å².